The van der Waals surface area contributed by atoms with Crippen LogP contribution >= 0.6 is 23.4 Å². The largest absolute Gasteiger partial charge is 0.352 e. The van der Waals surface area contributed by atoms with Crippen molar-refractivity contribution in [3.63, 3.8) is 0 Å². The monoisotopic (exact) mass is 385 g/mol. The fraction of sp³-hybridized carbons (Fsp3) is 0.200. The molecule has 0 bridgehead atoms. The van der Waals surface area contributed by atoms with Gasteiger partial charge in [0.2, 0.25) is 5.91 Å². The summed E-state index contributed by atoms with van der Waals surface area (Å²) in [5.41, 5.74) is 2.26. The number of amides is 1. The first kappa shape index (κ1) is 18.5. The molecule has 0 unspecified atom stereocenters. The second kappa shape index (κ2) is 9.46. The summed E-state index contributed by atoms with van der Waals surface area (Å²) in [4.78, 5) is 13.2. The van der Waals surface area contributed by atoms with E-state index < -0.39 is 0 Å². The number of carbonyl (C=O) groups excluding carboxylic acids is 1. The Morgan fingerprint density at radius 3 is 2.69 bits per heavy atom. The molecule has 0 aliphatic heterocycles. The molecule has 1 aromatic heterocycles. The molecular weight excluding hydrogens is 366 g/mol. The fourth-order valence-corrected chi connectivity index (χ4v) is 3.48. The first-order valence-electron chi connectivity index (χ1n) is 8.39. The van der Waals surface area contributed by atoms with Gasteiger partial charge in [0, 0.05) is 41.0 Å². The lowest BCUT2D eigenvalue weighted by Crippen LogP contribution is -2.23. The molecule has 0 atom stereocenters. The first-order valence-corrected chi connectivity index (χ1v) is 9.76. The van der Waals surface area contributed by atoms with E-state index in [1.165, 1.54) is 5.56 Å². The van der Waals surface area contributed by atoms with Crippen LogP contribution in [0, 0.1) is 0 Å². The highest BCUT2D eigenvalue weighted by Crippen LogP contribution is 2.20. The highest BCUT2D eigenvalue weighted by atomic mass is 35.5. The first-order chi connectivity index (χ1) is 12.7. The molecule has 0 aliphatic carbocycles. The van der Waals surface area contributed by atoms with Crippen molar-refractivity contribution in [2.75, 3.05) is 5.75 Å². The Bertz CT molecular complexity index is 835. The van der Waals surface area contributed by atoms with E-state index >= 15 is 0 Å². The second-order valence-electron chi connectivity index (χ2n) is 5.85. The molecule has 2 aromatic carbocycles. The van der Waals surface area contributed by atoms with Gasteiger partial charge in [0.1, 0.15) is 0 Å². The van der Waals surface area contributed by atoms with Gasteiger partial charge in [-0.05, 0) is 41.5 Å². The van der Waals surface area contributed by atoms with Crippen LogP contribution in [0.5, 0.6) is 0 Å². The third kappa shape index (κ3) is 5.93. The SMILES string of the molecule is O=C(CCSc1ccc(Cl)cc1)NCc1cccc(Cn2cccn2)c1. The molecule has 134 valence electrons. The molecule has 0 radical (unpaired) electrons. The lowest BCUT2D eigenvalue weighted by Gasteiger charge is -2.08. The summed E-state index contributed by atoms with van der Waals surface area (Å²) < 4.78 is 1.88. The van der Waals surface area contributed by atoms with Crippen LogP contribution in [0.25, 0.3) is 0 Å². The fourth-order valence-electron chi connectivity index (χ4n) is 2.50. The number of hydrogen-bond acceptors (Lipinski definition) is 3. The molecule has 0 aliphatic rings. The lowest BCUT2D eigenvalue weighted by molar-refractivity contribution is -0.120. The number of nitrogens with zero attached hydrogens (tertiary/aromatic N) is 2. The van der Waals surface area contributed by atoms with Crippen LogP contribution in [-0.4, -0.2) is 21.4 Å². The molecule has 0 fully saturated rings. The van der Waals surface area contributed by atoms with Crippen molar-refractivity contribution in [3.8, 4) is 0 Å². The van der Waals surface area contributed by atoms with Gasteiger partial charge in [-0.1, -0.05) is 35.9 Å². The van der Waals surface area contributed by atoms with Gasteiger partial charge in [0.25, 0.3) is 0 Å². The number of hydrogen-bond donors (Lipinski definition) is 1. The van der Waals surface area contributed by atoms with Crippen LogP contribution in [0.3, 0.4) is 0 Å². The standard InChI is InChI=1S/C20H20ClN3OS/c21-18-5-7-19(8-6-18)26-12-9-20(25)22-14-16-3-1-4-17(13-16)15-24-11-2-10-23-24/h1-8,10-11,13H,9,12,14-15H2,(H,22,25). The van der Waals surface area contributed by atoms with Gasteiger partial charge in [0.05, 0.1) is 6.54 Å². The maximum absolute atomic E-state index is 12.0. The van der Waals surface area contributed by atoms with Crippen LogP contribution in [0.4, 0.5) is 0 Å². The van der Waals surface area contributed by atoms with E-state index in [2.05, 4.69) is 22.5 Å². The Kier molecular flexibility index (Phi) is 6.75. The Labute approximate surface area is 162 Å². The minimum atomic E-state index is 0.0592. The van der Waals surface area contributed by atoms with Crippen molar-refractivity contribution in [1.29, 1.82) is 0 Å². The summed E-state index contributed by atoms with van der Waals surface area (Å²) in [6.07, 6.45) is 4.19. The summed E-state index contributed by atoms with van der Waals surface area (Å²) in [6, 6.07) is 17.8. The Morgan fingerprint density at radius 1 is 1.12 bits per heavy atom. The summed E-state index contributed by atoms with van der Waals surface area (Å²) in [5.74, 6) is 0.802. The van der Waals surface area contributed by atoms with Gasteiger partial charge in [-0.25, -0.2) is 0 Å². The highest BCUT2D eigenvalue weighted by molar-refractivity contribution is 7.99. The van der Waals surface area contributed by atoms with Crippen LogP contribution in [0.1, 0.15) is 17.5 Å². The normalized spacial score (nSPS) is 10.7. The molecule has 4 nitrogen and oxygen atoms in total. The maximum atomic E-state index is 12.0. The molecule has 0 saturated carbocycles. The molecule has 6 heteroatoms. The predicted octanol–water partition coefficient (Wildman–Crippen LogP) is 4.38. The average molecular weight is 386 g/mol. The summed E-state index contributed by atoms with van der Waals surface area (Å²) >= 11 is 7.52. The van der Waals surface area contributed by atoms with Crippen molar-refractivity contribution in [2.24, 2.45) is 0 Å². The third-order valence-corrected chi connectivity index (χ3v) is 5.06. The van der Waals surface area contributed by atoms with Crippen molar-refractivity contribution in [1.82, 2.24) is 15.1 Å². The number of halogens is 1. The second-order valence-corrected chi connectivity index (χ2v) is 7.46. The van der Waals surface area contributed by atoms with E-state index in [4.69, 9.17) is 11.6 Å². The van der Waals surface area contributed by atoms with Crippen LogP contribution in [-0.2, 0) is 17.9 Å². The molecule has 3 rings (SSSR count). The number of aromatic nitrogens is 2. The Balaban J connectivity index is 1.41. The summed E-state index contributed by atoms with van der Waals surface area (Å²) in [7, 11) is 0. The van der Waals surface area contributed by atoms with Crippen LogP contribution in [0.2, 0.25) is 5.02 Å². The van der Waals surface area contributed by atoms with E-state index in [9.17, 15) is 4.79 Å². The topological polar surface area (TPSA) is 46.9 Å². The molecule has 1 N–H and O–H groups in total. The van der Waals surface area contributed by atoms with E-state index in [0.29, 0.717) is 13.0 Å². The number of carbonyl (C=O) groups is 1. The zero-order valence-electron chi connectivity index (χ0n) is 14.3. The molecule has 0 saturated heterocycles. The quantitative estimate of drug-likeness (QED) is 0.585. The minimum Gasteiger partial charge on any atom is -0.352 e. The predicted molar refractivity (Wildman–Crippen MR) is 106 cm³/mol. The zero-order valence-corrected chi connectivity index (χ0v) is 15.8. The van der Waals surface area contributed by atoms with Crippen molar-refractivity contribution >= 4 is 29.3 Å². The van der Waals surface area contributed by atoms with Crippen LogP contribution in [0.15, 0.2) is 71.9 Å². The zero-order chi connectivity index (χ0) is 18.2. The number of thioether (sulfide) groups is 1. The average Bonchev–Trinajstić information content (AvgIpc) is 3.15. The van der Waals surface area contributed by atoms with Gasteiger partial charge in [-0.2, -0.15) is 5.10 Å². The van der Waals surface area contributed by atoms with Gasteiger partial charge >= 0.3 is 0 Å². The van der Waals surface area contributed by atoms with E-state index in [1.54, 1.807) is 18.0 Å². The molecule has 26 heavy (non-hydrogen) atoms. The molecule has 3 aromatic rings. The van der Waals surface area contributed by atoms with Gasteiger partial charge < -0.3 is 5.32 Å². The van der Waals surface area contributed by atoms with E-state index in [1.807, 2.05) is 53.3 Å². The summed E-state index contributed by atoms with van der Waals surface area (Å²) in [5, 5.41) is 7.92. The van der Waals surface area contributed by atoms with E-state index in [-0.39, 0.29) is 5.91 Å². The Morgan fingerprint density at radius 2 is 1.92 bits per heavy atom. The number of rotatable bonds is 8. The smallest absolute Gasteiger partial charge is 0.221 e. The van der Waals surface area contributed by atoms with Gasteiger partial charge in [0.15, 0.2) is 0 Å². The maximum Gasteiger partial charge on any atom is 0.221 e. The van der Waals surface area contributed by atoms with E-state index in [0.717, 1.165) is 27.8 Å². The van der Waals surface area contributed by atoms with Crippen molar-refractivity contribution < 1.29 is 4.79 Å². The Hall–Kier alpha value is -2.24. The summed E-state index contributed by atoms with van der Waals surface area (Å²) in [6.45, 7) is 1.27. The number of nitrogens with one attached hydrogen (secondary N) is 1. The lowest BCUT2D eigenvalue weighted by atomic mass is 10.1. The van der Waals surface area contributed by atoms with Gasteiger partial charge in [-0.3, -0.25) is 9.48 Å². The minimum absolute atomic E-state index is 0.0592. The molecular formula is C20H20ClN3OS. The molecule has 1 amide bonds. The molecule has 0 spiro atoms. The van der Waals surface area contributed by atoms with Crippen molar-refractivity contribution in [3.05, 3.63) is 83.1 Å². The third-order valence-electron chi connectivity index (χ3n) is 3.80. The molecule has 1 heterocycles. The van der Waals surface area contributed by atoms with Gasteiger partial charge in [-0.15, -0.1) is 11.8 Å². The highest BCUT2D eigenvalue weighted by Gasteiger charge is 2.04. The number of benzene rings is 2. The van der Waals surface area contributed by atoms with Crippen molar-refractivity contribution in [2.45, 2.75) is 24.4 Å². The van der Waals surface area contributed by atoms with Crippen LogP contribution < -0.4 is 5.32 Å².